The van der Waals surface area contributed by atoms with Crippen molar-refractivity contribution < 1.29 is 9.53 Å². The zero-order valence-electron chi connectivity index (χ0n) is 11.4. The second-order valence-corrected chi connectivity index (χ2v) is 4.07. The van der Waals surface area contributed by atoms with Crippen LogP contribution in [0.1, 0.15) is 35.6 Å². The smallest absolute Gasteiger partial charge is 0.233 e. The van der Waals surface area contributed by atoms with E-state index in [1.54, 1.807) is 17.1 Å². The number of carbonyl (C=O) groups is 1. The molecule has 100 valence electrons. The summed E-state index contributed by atoms with van der Waals surface area (Å²) in [5.41, 5.74) is 1.86. The summed E-state index contributed by atoms with van der Waals surface area (Å²) < 4.78 is 6.85. The summed E-state index contributed by atoms with van der Waals surface area (Å²) in [4.78, 5) is 16.9. The van der Waals surface area contributed by atoms with E-state index in [0.717, 1.165) is 12.0 Å². The Labute approximate surface area is 112 Å². The number of hydrogen-bond donors (Lipinski definition) is 0. The van der Waals surface area contributed by atoms with Crippen LogP contribution in [0.15, 0.2) is 24.5 Å². The normalized spacial score (nSPS) is 10.5. The minimum Gasteiger partial charge on any atom is -0.493 e. The maximum absolute atomic E-state index is 12.6. The summed E-state index contributed by atoms with van der Waals surface area (Å²) in [6.45, 7) is 4.54. The number of ketones is 1. The molecule has 0 fully saturated rings. The molecule has 0 aromatic carbocycles. The van der Waals surface area contributed by atoms with Crippen molar-refractivity contribution in [2.24, 2.45) is 0 Å². The highest BCUT2D eigenvalue weighted by molar-refractivity contribution is 6.09. The summed E-state index contributed by atoms with van der Waals surface area (Å²) in [6, 6.07) is 3.75. The van der Waals surface area contributed by atoms with E-state index < -0.39 is 0 Å². The Morgan fingerprint density at radius 3 is 2.84 bits per heavy atom. The molecule has 0 saturated heterocycles. The number of hydrogen-bond acceptors (Lipinski definition) is 4. The number of pyridine rings is 1. The van der Waals surface area contributed by atoms with Crippen molar-refractivity contribution in [3.05, 3.63) is 41.5 Å². The predicted molar refractivity (Wildman–Crippen MR) is 71.5 cm³/mol. The van der Waals surface area contributed by atoms with E-state index in [-0.39, 0.29) is 5.78 Å². The van der Waals surface area contributed by atoms with Gasteiger partial charge in [-0.2, -0.15) is 5.10 Å². The average molecular weight is 259 g/mol. The van der Waals surface area contributed by atoms with Gasteiger partial charge in [0.1, 0.15) is 5.69 Å². The van der Waals surface area contributed by atoms with E-state index in [9.17, 15) is 4.79 Å². The molecule has 2 aromatic heterocycles. The maximum atomic E-state index is 12.6. The molecule has 0 unspecified atom stereocenters. The fourth-order valence-corrected chi connectivity index (χ4v) is 2.03. The van der Waals surface area contributed by atoms with Gasteiger partial charge in [0.25, 0.3) is 0 Å². The Bertz CT molecular complexity index is 569. The SMILES string of the molecule is CCc1cccnc1C(=O)c1c(OC)cnn1CC. The lowest BCUT2D eigenvalue weighted by molar-refractivity contribution is 0.102. The second kappa shape index (κ2) is 5.65. The van der Waals surface area contributed by atoms with Crippen molar-refractivity contribution >= 4 is 5.78 Å². The quantitative estimate of drug-likeness (QED) is 0.772. The van der Waals surface area contributed by atoms with Crippen molar-refractivity contribution in [3.63, 3.8) is 0 Å². The van der Waals surface area contributed by atoms with Gasteiger partial charge in [-0.25, -0.2) is 0 Å². The van der Waals surface area contributed by atoms with E-state index in [0.29, 0.717) is 23.7 Å². The summed E-state index contributed by atoms with van der Waals surface area (Å²) >= 11 is 0. The van der Waals surface area contributed by atoms with E-state index >= 15 is 0 Å². The van der Waals surface area contributed by atoms with Crippen LogP contribution >= 0.6 is 0 Å². The molecule has 2 aromatic rings. The first-order valence-corrected chi connectivity index (χ1v) is 6.31. The van der Waals surface area contributed by atoms with E-state index in [2.05, 4.69) is 10.1 Å². The lowest BCUT2D eigenvalue weighted by Gasteiger charge is -2.08. The summed E-state index contributed by atoms with van der Waals surface area (Å²) in [5.74, 6) is 0.341. The Morgan fingerprint density at radius 1 is 1.42 bits per heavy atom. The van der Waals surface area contributed by atoms with Crippen molar-refractivity contribution in [3.8, 4) is 5.75 Å². The van der Waals surface area contributed by atoms with E-state index in [1.165, 1.54) is 7.11 Å². The largest absolute Gasteiger partial charge is 0.493 e. The average Bonchev–Trinajstić information content (AvgIpc) is 2.89. The Balaban J connectivity index is 2.52. The third-order valence-electron chi connectivity index (χ3n) is 3.03. The monoisotopic (exact) mass is 259 g/mol. The molecule has 0 aliphatic carbocycles. The van der Waals surface area contributed by atoms with Gasteiger partial charge < -0.3 is 4.74 Å². The van der Waals surface area contributed by atoms with Crippen LogP contribution in [0.25, 0.3) is 0 Å². The number of aryl methyl sites for hydroxylation is 2. The van der Waals surface area contributed by atoms with Crippen LogP contribution in [0.4, 0.5) is 0 Å². The molecule has 0 bridgehead atoms. The van der Waals surface area contributed by atoms with Gasteiger partial charge in [0.2, 0.25) is 5.78 Å². The van der Waals surface area contributed by atoms with E-state index in [1.807, 2.05) is 26.0 Å². The van der Waals surface area contributed by atoms with Crippen LogP contribution in [0.3, 0.4) is 0 Å². The zero-order valence-corrected chi connectivity index (χ0v) is 11.4. The van der Waals surface area contributed by atoms with Crippen LogP contribution in [0.2, 0.25) is 0 Å². The highest BCUT2D eigenvalue weighted by Gasteiger charge is 2.23. The Kier molecular flexibility index (Phi) is 3.94. The molecule has 0 amide bonds. The lowest BCUT2D eigenvalue weighted by atomic mass is 10.1. The number of methoxy groups -OCH3 is 1. The highest BCUT2D eigenvalue weighted by atomic mass is 16.5. The van der Waals surface area contributed by atoms with Crippen LogP contribution < -0.4 is 4.74 Å². The second-order valence-electron chi connectivity index (χ2n) is 4.07. The first-order chi connectivity index (χ1) is 9.22. The number of ether oxygens (including phenoxy) is 1. The zero-order chi connectivity index (χ0) is 13.8. The number of carbonyl (C=O) groups excluding carboxylic acids is 1. The molecule has 0 aliphatic rings. The molecule has 5 heteroatoms. The first kappa shape index (κ1) is 13.3. The molecule has 0 radical (unpaired) electrons. The summed E-state index contributed by atoms with van der Waals surface area (Å²) in [7, 11) is 1.53. The van der Waals surface area contributed by atoms with Gasteiger partial charge in [-0.3, -0.25) is 14.5 Å². The molecule has 0 atom stereocenters. The van der Waals surface area contributed by atoms with Crippen molar-refractivity contribution in [1.29, 1.82) is 0 Å². The first-order valence-electron chi connectivity index (χ1n) is 6.31. The van der Waals surface area contributed by atoms with Crippen LogP contribution in [0, 0.1) is 0 Å². The van der Waals surface area contributed by atoms with Gasteiger partial charge in [-0.05, 0) is 25.0 Å². The fourth-order valence-electron chi connectivity index (χ4n) is 2.03. The molecular weight excluding hydrogens is 242 g/mol. The minimum absolute atomic E-state index is 0.145. The van der Waals surface area contributed by atoms with Gasteiger partial charge in [0.15, 0.2) is 11.4 Å². The van der Waals surface area contributed by atoms with Gasteiger partial charge in [-0.1, -0.05) is 13.0 Å². The standard InChI is InChI=1S/C14H17N3O2/c1-4-10-7-6-8-15-12(10)14(18)13-11(19-3)9-16-17(13)5-2/h6-9H,4-5H2,1-3H3. The van der Waals surface area contributed by atoms with Crippen molar-refractivity contribution in [2.45, 2.75) is 26.8 Å². The molecular formula is C14H17N3O2. The summed E-state index contributed by atoms with van der Waals surface area (Å²) in [5, 5.41) is 4.15. The third-order valence-corrected chi connectivity index (χ3v) is 3.03. The van der Waals surface area contributed by atoms with Crippen molar-refractivity contribution in [1.82, 2.24) is 14.8 Å². The Morgan fingerprint density at radius 2 is 2.21 bits per heavy atom. The highest BCUT2D eigenvalue weighted by Crippen LogP contribution is 2.22. The van der Waals surface area contributed by atoms with Crippen LogP contribution in [0.5, 0.6) is 5.75 Å². The van der Waals surface area contributed by atoms with Crippen LogP contribution in [-0.2, 0) is 13.0 Å². The molecule has 0 spiro atoms. The van der Waals surface area contributed by atoms with Gasteiger partial charge in [0.05, 0.1) is 13.3 Å². The third kappa shape index (κ3) is 2.36. The van der Waals surface area contributed by atoms with Crippen LogP contribution in [-0.4, -0.2) is 27.7 Å². The van der Waals surface area contributed by atoms with Crippen molar-refractivity contribution in [2.75, 3.05) is 7.11 Å². The molecule has 0 saturated carbocycles. The van der Waals surface area contributed by atoms with Gasteiger partial charge in [0, 0.05) is 12.7 Å². The van der Waals surface area contributed by atoms with Gasteiger partial charge in [-0.15, -0.1) is 0 Å². The van der Waals surface area contributed by atoms with Gasteiger partial charge >= 0.3 is 0 Å². The molecule has 5 nitrogen and oxygen atoms in total. The topological polar surface area (TPSA) is 57.0 Å². The lowest BCUT2D eigenvalue weighted by Crippen LogP contribution is -2.14. The molecule has 0 aliphatic heterocycles. The maximum Gasteiger partial charge on any atom is 0.233 e. The molecule has 2 heterocycles. The van der Waals surface area contributed by atoms with E-state index in [4.69, 9.17) is 4.74 Å². The molecule has 0 N–H and O–H groups in total. The fraction of sp³-hybridized carbons (Fsp3) is 0.357. The summed E-state index contributed by atoms with van der Waals surface area (Å²) in [6.07, 6.45) is 3.95. The number of aromatic nitrogens is 3. The predicted octanol–water partition coefficient (Wildman–Crippen LogP) is 2.10. The minimum atomic E-state index is -0.145. The number of rotatable bonds is 5. The number of nitrogens with zero attached hydrogens (tertiary/aromatic N) is 3. The Hall–Kier alpha value is -2.17. The molecule has 2 rings (SSSR count). The molecule has 19 heavy (non-hydrogen) atoms.